The number of rotatable bonds is 3. The molecule has 1 atom stereocenters. The number of hydrogen-bond acceptors (Lipinski definition) is 3. The normalized spacial score (nSPS) is 20.5. The highest BCUT2D eigenvalue weighted by atomic mass is 16.3. The number of nitrogens with zero attached hydrogens (tertiary/aromatic N) is 2. The van der Waals surface area contributed by atoms with E-state index < -0.39 is 0 Å². The lowest BCUT2D eigenvalue weighted by molar-refractivity contribution is -0.117. The predicted molar refractivity (Wildman–Crippen MR) is 61.2 cm³/mol. The average molecular weight is 220 g/mol. The predicted octanol–water partition coefficient (Wildman–Crippen LogP) is 0.989. The maximum atomic E-state index is 11.7. The number of aryl methyl sites for hydroxylation is 1. The third kappa shape index (κ3) is 2.07. The number of aliphatic hydroxyl groups is 1. The molecule has 16 heavy (non-hydrogen) atoms. The Morgan fingerprint density at radius 3 is 3.06 bits per heavy atom. The van der Waals surface area contributed by atoms with Crippen molar-refractivity contribution in [1.29, 1.82) is 0 Å². The van der Waals surface area contributed by atoms with Crippen LogP contribution in [-0.4, -0.2) is 29.1 Å². The Morgan fingerprint density at radius 2 is 2.44 bits per heavy atom. The molecule has 2 rings (SSSR count). The number of amides is 1. The van der Waals surface area contributed by atoms with Gasteiger partial charge in [-0.3, -0.25) is 9.69 Å². The molecule has 1 unspecified atom stereocenters. The van der Waals surface area contributed by atoms with E-state index in [-0.39, 0.29) is 18.4 Å². The molecule has 0 aromatic carbocycles. The van der Waals surface area contributed by atoms with Crippen molar-refractivity contribution >= 4 is 11.7 Å². The van der Waals surface area contributed by atoms with Gasteiger partial charge in [0, 0.05) is 31.7 Å². The first-order valence-electron chi connectivity index (χ1n) is 5.60. The monoisotopic (exact) mass is 220 g/mol. The van der Waals surface area contributed by atoms with Gasteiger partial charge in [0.1, 0.15) is 5.82 Å². The number of hydrogen-bond donors (Lipinski definition) is 1. The van der Waals surface area contributed by atoms with Crippen LogP contribution in [0.1, 0.15) is 18.9 Å². The Hall–Kier alpha value is -1.42. The Kier molecular flexibility index (Phi) is 3.19. The molecule has 1 aliphatic heterocycles. The largest absolute Gasteiger partial charge is 0.396 e. The Labute approximate surface area is 94.9 Å². The molecule has 1 aliphatic rings. The van der Waals surface area contributed by atoms with Crippen molar-refractivity contribution in [1.82, 2.24) is 4.98 Å². The van der Waals surface area contributed by atoms with Gasteiger partial charge in [-0.15, -0.1) is 0 Å². The van der Waals surface area contributed by atoms with E-state index in [0.29, 0.717) is 18.8 Å². The lowest BCUT2D eigenvalue weighted by Gasteiger charge is -2.15. The van der Waals surface area contributed by atoms with Crippen LogP contribution in [0.25, 0.3) is 0 Å². The molecule has 1 fully saturated rings. The van der Waals surface area contributed by atoms with Crippen molar-refractivity contribution in [3.8, 4) is 0 Å². The molecule has 0 spiro atoms. The first-order valence-corrected chi connectivity index (χ1v) is 5.60. The zero-order chi connectivity index (χ0) is 11.5. The van der Waals surface area contributed by atoms with Crippen LogP contribution in [0.2, 0.25) is 0 Å². The van der Waals surface area contributed by atoms with Crippen LogP contribution in [-0.2, 0) is 11.2 Å². The van der Waals surface area contributed by atoms with Crippen molar-refractivity contribution in [2.45, 2.75) is 19.8 Å². The van der Waals surface area contributed by atoms with E-state index in [1.807, 2.05) is 12.1 Å². The highest BCUT2D eigenvalue weighted by Gasteiger charge is 2.30. The Morgan fingerprint density at radius 1 is 1.62 bits per heavy atom. The van der Waals surface area contributed by atoms with Gasteiger partial charge in [0.25, 0.3) is 0 Å². The van der Waals surface area contributed by atoms with Gasteiger partial charge >= 0.3 is 0 Å². The van der Waals surface area contributed by atoms with Crippen molar-refractivity contribution in [2.24, 2.45) is 5.92 Å². The number of pyridine rings is 1. The van der Waals surface area contributed by atoms with Crippen LogP contribution in [0.4, 0.5) is 5.82 Å². The van der Waals surface area contributed by atoms with Gasteiger partial charge in [0.05, 0.1) is 0 Å². The topological polar surface area (TPSA) is 53.4 Å². The van der Waals surface area contributed by atoms with Gasteiger partial charge < -0.3 is 5.11 Å². The second-order valence-corrected chi connectivity index (χ2v) is 4.13. The molecule has 2 heterocycles. The van der Waals surface area contributed by atoms with Crippen LogP contribution >= 0.6 is 0 Å². The highest BCUT2D eigenvalue weighted by Crippen LogP contribution is 2.23. The summed E-state index contributed by atoms with van der Waals surface area (Å²) in [7, 11) is 0. The molecule has 1 saturated heterocycles. The second-order valence-electron chi connectivity index (χ2n) is 4.13. The van der Waals surface area contributed by atoms with Gasteiger partial charge in [-0.25, -0.2) is 4.98 Å². The Bertz CT molecular complexity index is 392. The molecule has 86 valence electrons. The molecule has 1 aromatic rings. The lowest BCUT2D eigenvalue weighted by atomic mass is 10.1. The zero-order valence-corrected chi connectivity index (χ0v) is 9.39. The maximum Gasteiger partial charge on any atom is 0.228 e. The molecule has 4 nitrogen and oxygen atoms in total. The molecular formula is C12H16N2O2. The fourth-order valence-corrected chi connectivity index (χ4v) is 1.95. The summed E-state index contributed by atoms with van der Waals surface area (Å²) in [5.41, 5.74) is 1.17. The SMILES string of the molecule is CCc1ccnc(N2CC(CO)CC2=O)c1. The lowest BCUT2D eigenvalue weighted by Crippen LogP contribution is -2.25. The average Bonchev–Trinajstić information content (AvgIpc) is 2.71. The number of aromatic nitrogens is 1. The summed E-state index contributed by atoms with van der Waals surface area (Å²) in [4.78, 5) is 17.6. The summed E-state index contributed by atoms with van der Waals surface area (Å²) in [6.45, 7) is 2.71. The summed E-state index contributed by atoms with van der Waals surface area (Å²) in [6.07, 6.45) is 3.09. The number of anilines is 1. The first kappa shape index (κ1) is 11.1. The number of aliphatic hydroxyl groups excluding tert-OH is 1. The van der Waals surface area contributed by atoms with E-state index in [9.17, 15) is 4.79 Å². The van der Waals surface area contributed by atoms with E-state index >= 15 is 0 Å². The van der Waals surface area contributed by atoms with E-state index in [4.69, 9.17) is 5.11 Å². The van der Waals surface area contributed by atoms with E-state index in [0.717, 1.165) is 6.42 Å². The van der Waals surface area contributed by atoms with Crippen molar-refractivity contribution < 1.29 is 9.90 Å². The summed E-state index contributed by atoms with van der Waals surface area (Å²) < 4.78 is 0. The van der Waals surface area contributed by atoms with Gasteiger partial charge in [-0.05, 0) is 24.1 Å². The minimum absolute atomic E-state index is 0.0552. The van der Waals surface area contributed by atoms with Crippen LogP contribution in [0.5, 0.6) is 0 Å². The molecule has 0 radical (unpaired) electrons. The molecular weight excluding hydrogens is 204 g/mol. The molecule has 0 aliphatic carbocycles. The smallest absolute Gasteiger partial charge is 0.228 e. The quantitative estimate of drug-likeness (QED) is 0.826. The maximum absolute atomic E-state index is 11.7. The van der Waals surface area contributed by atoms with Crippen LogP contribution in [0.15, 0.2) is 18.3 Å². The standard InChI is InChI=1S/C12H16N2O2/c1-2-9-3-4-13-11(5-9)14-7-10(8-15)6-12(14)16/h3-5,10,15H,2,6-8H2,1H3. The summed E-state index contributed by atoms with van der Waals surface area (Å²) in [5.74, 6) is 0.819. The molecule has 1 aromatic heterocycles. The zero-order valence-electron chi connectivity index (χ0n) is 9.39. The fraction of sp³-hybridized carbons (Fsp3) is 0.500. The summed E-state index contributed by atoms with van der Waals surface area (Å²) >= 11 is 0. The summed E-state index contributed by atoms with van der Waals surface area (Å²) in [5, 5.41) is 9.05. The third-order valence-corrected chi connectivity index (χ3v) is 2.96. The van der Waals surface area contributed by atoms with E-state index in [1.54, 1.807) is 11.1 Å². The van der Waals surface area contributed by atoms with Crippen LogP contribution < -0.4 is 4.90 Å². The first-order chi connectivity index (χ1) is 7.74. The molecule has 4 heteroatoms. The van der Waals surface area contributed by atoms with Gasteiger partial charge in [-0.2, -0.15) is 0 Å². The third-order valence-electron chi connectivity index (χ3n) is 2.96. The second kappa shape index (κ2) is 4.61. The minimum atomic E-state index is 0.0552. The molecule has 0 bridgehead atoms. The molecule has 1 N–H and O–H groups in total. The fourth-order valence-electron chi connectivity index (χ4n) is 1.95. The van der Waals surface area contributed by atoms with Gasteiger partial charge in [0.15, 0.2) is 0 Å². The van der Waals surface area contributed by atoms with Crippen LogP contribution in [0, 0.1) is 5.92 Å². The molecule has 0 saturated carbocycles. The van der Waals surface area contributed by atoms with Gasteiger partial charge in [0.2, 0.25) is 5.91 Å². The van der Waals surface area contributed by atoms with E-state index in [1.165, 1.54) is 5.56 Å². The van der Waals surface area contributed by atoms with Crippen molar-refractivity contribution in [3.05, 3.63) is 23.9 Å². The minimum Gasteiger partial charge on any atom is -0.396 e. The highest BCUT2D eigenvalue weighted by molar-refractivity contribution is 5.94. The Balaban J connectivity index is 2.20. The number of carbonyl (C=O) groups is 1. The van der Waals surface area contributed by atoms with Crippen molar-refractivity contribution in [2.75, 3.05) is 18.1 Å². The van der Waals surface area contributed by atoms with Crippen LogP contribution in [0.3, 0.4) is 0 Å². The van der Waals surface area contributed by atoms with Gasteiger partial charge in [-0.1, -0.05) is 6.92 Å². The summed E-state index contributed by atoms with van der Waals surface area (Å²) in [6, 6.07) is 3.89. The van der Waals surface area contributed by atoms with E-state index in [2.05, 4.69) is 11.9 Å². The number of carbonyl (C=O) groups excluding carboxylic acids is 1. The van der Waals surface area contributed by atoms with Crippen molar-refractivity contribution in [3.63, 3.8) is 0 Å². The molecule has 1 amide bonds.